The second-order valence-electron chi connectivity index (χ2n) is 6.50. The summed E-state index contributed by atoms with van der Waals surface area (Å²) in [6.07, 6.45) is 4.65. The molecule has 1 N–H and O–H groups in total. The molecule has 0 bridgehead atoms. The van der Waals surface area contributed by atoms with Crippen LogP contribution in [-0.2, 0) is 21.0 Å². The average Bonchev–Trinajstić information content (AvgIpc) is 3.05. The zero-order chi connectivity index (χ0) is 20.3. The van der Waals surface area contributed by atoms with Gasteiger partial charge < -0.3 is 23.8 Å². The van der Waals surface area contributed by atoms with E-state index in [0.29, 0.717) is 11.4 Å². The second kappa shape index (κ2) is 8.37. The third kappa shape index (κ3) is 3.69. The lowest BCUT2D eigenvalue weighted by molar-refractivity contribution is -0.118. The Morgan fingerprint density at radius 1 is 1.25 bits per heavy atom. The van der Waals surface area contributed by atoms with Crippen LogP contribution in [0.25, 0.3) is 22.2 Å². The van der Waals surface area contributed by atoms with Gasteiger partial charge in [0.2, 0.25) is 0 Å². The predicted octanol–water partition coefficient (Wildman–Crippen LogP) is 2.67. The van der Waals surface area contributed by atoms with Crippen molar-refractivity contribution in [1.29, 1.82) is 0 Å². The van der Waals surface area contributed by atoms with Crippen molar-refractivity contribution in [3.63, 3.8) is 0 Å². The summed E-state index contributed by atoms with van der Waals surface area (Å²) in [5.74, 6) is 0.294. The van der Waals surface area contributed by atoms with Gasteiger partial charge in [-0.1, -0.05) is 13.0 Å². The first-order valence-electron chi connectivity index (χ1n) is 8.79. The smallest absolute Gasteiger partial charge is 0.266 e. The van der Waals surface area contributed by atoms with Crippen LogP contribution < -0.4 is 10.3 Å². The molecule has 0 radical (unpaired) electrons. The van der Waals surface area contributed by atoms with Gasteiger partial charge in [-0.3, -0.25) is 14.6 Å². The summed E-state index contributed by atoms with van der Waals surface area (Å²) in [7, 11) is 3.14. The average molecular weight is 385 g/mol. The van der Waals surface area contributed by atoms with Crippen molar-refractivity contribution in [3.05, 3.63) is 46.6 Å². The van der Waals surface area contributed by atoms with E-state index in [1.165, 1.54) is 6.20 Å². The Morgan fingerprint density at radius 2 is 2.04 bits per heavy atom. The van der Waals surface area contributed by atoms with Gasteiger partial charge in [-0.25, -0.2) is 0 Å². The summed E-state index contributed by atoms with van der Waals surface area (Å²) in [6.45, 7) is 3.76. The monoisotopic (exact) mass is 385 g/mol. The third-order valence-corrected chi connectivity index (χ3v) is 4.63. The number of nitrogens with one attached hydrogen (secondary N) is 1. The fourth-order valence-electron chi connectivity index (χ4n) is 3.22. The van der Waals surface area contributed by atoms with Crippen molar-refractivity contribution in [2.45, 2.75) is 26.5 Å². The fourth-order valence-corrected chi connectivity index (χ4v) is 3.22. The predicted molar refractivity (Wildman–Crippen MR) is 104 cm³/mol. The lowest BCUT2D eigenvalue weighted by Gasteiger charge is -2.15. The van der Waals surface area contributed by atoms with Gasteiger partial charge >= 0.3 is 0 Å². The van der Waals surface area contributed by atoms with E-state index in [-0.39, 0.29) is 30.8 Å². The number of Topliss-reactive ketones (excluding diaryl/α,β-unsaturated/α-hetero) is 1. The van der Waals surface area contributed by atoms with Gasteiger partial charge in [-0.05, 0) is 18.6 Å². The topological polar surface area (TPSA) is 95.4 Å². The van der Waals surface area contributed by atoms with Crippen LogP contribution in [0.4, 0.5) is 0 Å². The molecule has 8 nitrogen and oxygen atoms in total. The maximum absolute atomic E-state index is 12.1. The minimum atomic E-state index is -0.334. The van der Waals surface area contributed by atoms with Crippen molar-refractivity contribution < 1.29 is 19.0 Å². The summed E-state index contributed by atoms with van der Waals surface area (Å²) in [4.78, 5) is 30.8. The minimum Gasteiger partial charge on any atom is -0.465 e. The highest BCUT2D eigenvalue weighted by Gasteiger charge is 2.23. The number of carbonyl (C=O) groups is 1. The van der Waals surface area contributed by atoms with Gasteiger partial charge in [0.15, 0.2) is 6.79 Å². The molecule has 3 aromatic rings. The van der Waals surface area contributed by atoms with E-state index in [0.717, 1.165) is 22.0 Å². The Kier molecular flexibility index (Phi) is 5.91. The summed E-state index contributed by atoms with van der Waals surface area (Å²) in [5.41, 5.74) is 2.57. The lowest BCUT2D eigenvalue weighted by Crippen LogP contribution is -2.08. The van der Waals surface area contributed by atoms with E-state index in [4.69, 9.17) is 14.2 Å². The molecular weight excluding hydrogens is 362 g/mol. The first-order valence-corrected chi connectivity index (χ1v) is 8.79. The summed E-state index contributed by atoms with van der Waals surface area (Å²) < 4.78 is 18.0. The number of nitrogens with zero attached hydrogens (tertiary/aromatic N) is 2. The van der Waals surface area contributed by atoms with Gasteiger partial charge in [0.25, 0.3) is 5.56 Å². The largest absolute Gasteiger partial charge is 0.465 e. The van der Waals surface area contributed by atoms with E-state index in [1.54, 1.807) is 27.3 Å². The molecule has 2 aromatic heterocycles. The zero-order valence-corrected chi connectivity index (χ0v) is 16.3. The molecule has 148 valence electrons. The van der Waals surface area contributed by atoms with Crippen LogP contribution in [0.2, 0.25) is 0 Å². The van der Waals surface area contributed by atoms with Crippen molar-refractivity contribution in [1.82, 2.24) is 14.5 Å². The molecular formula is C20H23N3O5. The van der Waals surface area contributed by atoms with Gasteiger partial charge in [0.05, 0.1) is 23.6 Å². The maximum Gasteiger partial charge on any atom is 0.266 e. The molecule has 0 amide bonds. The first kappa shape index (κ1) is 19.8. The highest BCUT2D eigenvalue weighted by Crippen LogP contribution is 2.40. The van der Waals surface area contributed by atoms with Crippen LogP contribution in [-0.4, -0.2) is 41.3 Å². The van der Waals surface area contributed by atoms with Crippen molar-refractivity contribution in [2.75, 3.05) is 21.0 Å². The molecule has 28 heavy (non-hydrogen) atoms. The number of H-pyrrole nitrogens is 1. The molecule has 0 saturated heterocycles. The number of aromatic amines is 1. The molecule has 0 aliphatic rings. The van der Waals surface area contributed by atoms with E-state index in [2.05, 4.69) is 9.97 Å². The number of carbonyl (C=O) groups excluding carboxylic acids is 1. The number of hydrogen-bond acceptors (Lipinski definition) is 6. The number of ketones is 1. The van der Waals surface area contributed by atoms with Crippen LogP contribution >= 0.6 is 0 Å². The molecule has 0 saturated carbocycles. The van der Waals surface area contributed by atoms with Crippen molar-refractivity contribution >= 4 is 16.7 Å². The normalized spacial score (nSPS) is 12.3. The minimum absolute atomic E-state index is 0.0389. The molecule has 1 atom stereocenters. The lowest BCUT2D eigenvalue weighted by atomic mass is 9.92. The van der Waals surface area contributed by atoms with Gasteiger partial charge in [0.1, 0.15) is 18.3 Å². The molecule has 8 heteroatoms. The zero-order valence-electron chi connectivity index (χ0n) is 16.3. The number of hydrogen-bond donors (Lipinski definition) is 1. The van der Waals surface area contributed by atoms with Crippen LogP contribution in [0.5, 0.6) is 5.75 Å². The van der Waals surface area contributed by atoms with Crippen molar-refractivity contribution in [2.24, 2.45) is 0 Å². The highest BCUT2D eigenvalue weighted by atomic mass is 16.7. The van der Waals surface area contributed by atoms with Crippen LogP contribution in [0.3, 0.4) is 0 Å². The molecule has 0 aliphatic heterocycles. The molecule has 3 rings (SSSR count). The SMILES string of the molecule is COCOc1ccc(C(C)C(C)=O)c2c(-c3cncc(=O)[nH]3)cn(COC)c12. The Bertz CT molecular complexity index is 1050. The summed E-state index contributed by atoms with van der Waals surface area (Å²) in [5, 5.41) is 0.803. The fraction of sp³-hybridized carbons (Fsp3) is 0.350. The summed E-state index contributed by atoms with van der Waals surface area (Å²) in [6, 6.07) is 3.69. The van der Waals surface area contributed by atoms with E-state index in [9.17, 15) is 9.59 Å². The number of fused-ring (bicyclic) bond motifs is 1. The van der Waals surface area contributed by atoms with Gasteiger partial charge in [-0.2, -0.15) is 0 Å². The Labute approximate surface area is 162 Å². The molecule has 0 fully saturated rings. The van der Waals surface area contributed by atoms with Gasteiger partial charge in [0, 0.05) is 37.3 Å². The molecule has 0 aliphatic carbocycles. The van der Waals surface area contributed by atoms with E-state index >= 15 is 0 Å². The van der Waals surface area contributed by atoms with E-state index < -0.39 is 0 Å². The number of rotatable bonds is 8. The van der Waals surface area contributed by atoms with E-state index in [1.807, 2.05) is 29.8 Å². The molecule has 1 aromatic carbocycles. The first-order chi connectivity index (χ1) is 13.5. The van der Waals surface area contributed by atoms with Crippen molar-refractivity contribution in [3.8, 4) is 17.0 Å². The Balaban J connectivity index is 2.38. The number of methoxy groups -OCH3 is 2. The van der Waals surface area contributed by atoms with Crippen LogP contribution in [0.1, 0.15) is 25.3 Å². The quantitative estimate of drug-likeness (QED) is 0.599. The molecule has 2 heterocycles. The third-order valence-electron chi connectivity index (χ3n) is 4.63. The molecule has 0 spiro atoms. The number of ether oxygens (including phenoxy) is 3. The summed E-state index contributed by atoms with van der Waals surface area (Å²) >= 11 is 0. The number of aromatic nitrogens is 3. The Hall–Kier alpha value is -2.97. The maximum atomic E-state index is 12.1. The van der Waals surface area contributed by atoms with Gasteiger partial charge in [-0.15, -0.1) is 0 Å². The van der Waals surface area contributed by atoms with Crippen LogP contribution in [0.15, 0.2) is 35.5 Å². The van der Waals surface area contributed by atoms with Crippen LogP contribution in [0, 0.1) is 0 Å². The standard InChI is InChI=1S/C20H23N3O5/c1-12(13(2)24)14-5-6-17(28-11-27-4)20-19(14)15(9-23(20)10-26-3)16-7-21-8-18(25)22-16/h5-9,12H,10-11H2,1-4H3,(H,22,25). The molecule has 1 unspecified atom stereocenters. The highest BCUT2D eigenvalue weighted by molar-refractivity contribution is 6.03. The number of benzene rings is 1. The second-order valence-corrected chi connectivity index (χ2v) is 6.50. The Morgan fingerprint density at radius 3 is 2.68 bits per heavy atom.